The SMILES string of the molecule is CC#CS(=O)CCC. The Labute approximate surface area is 52.9 Å². The molecule has 0 aliphatic heterocycles. The summed E-state index contributed by atoms with van der Waals surface area (Å²) in [7, 11) is -0.881. The summed E-state index contributed by atoms with van der Waals surface area (Å²) in [5.41, 5.74) is 0. The van der Waals surface area contributed by atoms with E-state index in [9.17, 15) is 4.21 Å². The lowest BCUT2D eigenvalue weighted by Crippen LogP contribution is -1.89. The first-order valence-corrected chi connectivity index (χ1v) is 3.94. The molecule has 0 spiro atoms. The average molecular weight is 130 g/mol. The van der Waals surface area contributed by atoms with Crippen molar-refractivity contribution < 1.29 is 4.21 Å². The third-order valence-electron chi connectivity index (χ3n) is 0.605. The number of rotatable bonds is 2. The Bertz CT molecular complexity index is 129. The summed E-state index contributed by atoms with van der Waals surface area (Å²) < 4.78 is 10.6. The molecule has 1 nitrogen and oxygen atoms in total. The van der Waals surface area contributed by atoms with Gasteiger partial charge in [0.2, 0.25) is 0 Å². The third kappa shape index (κ3) is 3.89. The van der Waals surface area contributed by atoms with Crippen molar-refractivity contribution in [2.45, 2.75) is 20.3 Å². The minimum absolute atomic E-state index is 0.709. The molecule has 0 rings (SSSR count). The summed E-state index contributed by atoms with van der Waals surface area (Å²) in [5, 5.41) is 2.57. The first kappa shape index (κ1) is 7.71. The van der Waals surface area contributed by atoms with Crippen LogP contribution in [0.2, 0.25) is 0 Å². The Kier molecular flexibility index (Phi) is 4.68. The van der Waals surface area contributed by atoms with Crippen molar-refractivity contribution in [3.63, 3.8) is 0 Å². The van der Waals surface area contributed by atoms with Crippen LogP contribution in [0.1, 0.15) is 20.3 Å². The molecule has 0 aromatic rings. The van der Waals surface area contributed by atoms with Crippen LogP contribution in [0, 0.1) is 11.2 Å². The number of hydrogen-bond donors (Lipinski definition) is 0. The Morgan fingerprint density at radius 2 is 2.25 bits per heavy atom. The highest BCUT2D eigenvalue weighted by Crippen LogP contribution is 1.81. The van der Waals surface area contributed by atoms with Gasteiger partial charge in [-0.2, -0.15) is 0 Å². The monoisotopic (exact) mass is 130 g/mol. The second kappa shape index (κ2) is 4.86. The van der Waals surface area contributed by atoms with Crippen molar-refractivity contribution in [3.05, 3.63) is 0 Å². The average Bonchev–Trinajstić information content (AvgIpc) is 1.68. The van der Waals surface area contributed by atoms with E-state index in [4.69, 9.17) is 0 Å². The molecule has 0 saturated heterocycles. The van der Waals surface area contributed by atoms with Gasteiger partial charge in [0.25, 0.3) is 0 Å². The van der Waals surface area contributed by atoms with E-state index in [1.165, 1.54) is 0 Å². The minimum Gasteiger partial charge on any atom is -0.246 e. The quantitative estimate of drug-likeness (QED) is 0.512. The van der Waals surface area contributed by atoms with E-state index in [0.29, 0.717) is 5.75 Å². The molecule has 0 aromatic carbocycles. The molecule has 46 valence electrons. The van der Waals surface area contributed by atoms with E-state index in [0.717, 1.165) is 6.42 Å². The molecule has 0 amide bonds. The molecule has 0 N–H and O–H groups in total. The van der Waals surface area contributed by atoms with Gasteiger partial charge in [-0.1, -0.05) is 12.8 Å². The van der Waals surface area contributed by atoms with Gasteiger partial charge in [-0.15, -0.1) is 0 Å². The van der Waals surface area contributed by atoms with Crippen LogP contribution >= 0.6 is 0 Å². The molecule has 0 fully saturated rings. The van der Waals surface area contributed by atoms with Crippen LogP contribution in [0.3, 0.4) is 0 Å². The highest BCUT2D eigenvalue weighted by atomic mass is 32.2. The zero-order valence-corrected chi connectivity index (χ0v) is 6.05. The molecule has 1 unspecified atom stereocenters. The summed E-state index contributed by atoms with van der Waals surface area (Å²) in [6.45, 7) is 3.70. The van der Waals surface area contributed by atoms with Gasteiger partial charge < -0.3 is 0 Å². The summed E-state index contributed by atoms with van der Waals surface area (Å²) in [6.07, 6.45) is 0.946. The molecule has 0 bridgehead atoms. The maximum Gasteiger partial charge on any atom is 0.0974 e. The smallest absolute Gasteiger partial charge is 0.0974 e. The first-order valence-electron chi connectivity index (χ1n) is 2.62. The maximum atomic E-state index is 10.6. The lowest BCUT2D eigenvalue weighted by atomic mass is 10.6. The third-order valence-corrected chi connectivity index (χ3v) is 1.82. The summed E-state index contributed by atoms with van der Waals surface area (Å²) >= 11 is 0. The standard InChI is InChI=1S/C6H10OS/c1-3-5-8(7)6-4-2/h3,5H2,1-2H3. The molecule has 0 aliphatic rings. The van der Waals surface area contributed by atoms with Crippen LogP contribution in [-0.2, 0) is 10.8 Å². The van der Waals surface area contributed by atoms with Crippen LogP contribution in [0.4, 0.5) is 0 Å². The second-order valence-electron chi connectivity index (χ2n) is 1.40. The summed E-state index contributed by atoms with van der Waals surface area (Å²) in [4.78, 5) is 0. The summed E-state index contributed by atoms with van der Waals surface area (Å²) in [5.74, 6) is 3.31. The molecule has 0 aliphatic carbocycles. The predicted molar refractivity (Wildman–Crippen MR) is 36.8 cm³/mol. The van der Waals surface area contributed by atoms with Crippen molar-refractivity contribution in [1.29, 1.82) is 0 Å². The van der Waals surface area contributed by atoms with Crippen molar-refractivity contribution in [2.75, 3.05) is 5.75 Å². The molecule has 0 radical (unpaired) electrons. The Morgan fingerprint density at radius 1 is 1.62 bits per heavy atom. The Hall–Kier alpha value is -0.290. The van der Waals surface area contributed by atoms with E-state index in [1.807, 2.05) is 6.92 Å². The van der Waals surface area contributed by atoms with Gasteiger partial charge in [0.05, 0.1) is 10.8 Å². The van der Waals surface area contributed by atoms with E-state index in [1.54, 1.807) is 6.92 Å². The van der Waals surface area contributed by atoms with Crippen LogP contribution in [-0.4, -0.2) is 9.96 Å². The lowest BCUT2D eigenvalue weighted by Gasteiger charge is -1.83. The van der Waals surface area contributed by atoms with Crippen molar-refractivity contribution in [3.8, 4) is 11.2 Å². The van der Waals surface area contributed by atoms with Crippen LogP contribution in [0.15, 0.2) is 0 Å². The van der Waals surface area contributed by atoms with Gasteiger partial charge in [0.15, 0.2) is 0 Å². The highest BCUT2D eigenvalue weighted by molar-refractivity contribution is 7.89. The molecule has 0 heterocycles. The van der Waals surface area contributed by atoms with Crippen molar-refractivity contribution in [2.24, 2.45) is 0 Å². The fraction of sp³-hybridized carbons (Fsp3) is 0.667. The van der Waals surface area contributed by atoms with Gasteiger partial charge in [-0.25, -0.2) is 4.21 Å². The number of hydrogen-bond acceptors (Lipinski definition) is 1. The van der Waals surface area contributed by atoms with E-state index >= 15 is 0 Å². The van der Waals surface area contributed by atoms with Gasteiger partial charge in [0, 0.05) is 5.75 Å². The van der Waals surface area contributed by atoms with Crippen LogP contribution in [0.5, 0.6) is 0 Å². The fourth-order valence-electron chi connectivity index (χ4n) is 0.350. The van der Waals surface area contributed by atoms with E-state index in [-0.39, 0.29) is 0 Å². The normalized spacial score (nSPS) is 11.8. The topological polar surface area (TPSA) is 17.1 Å². The molecular weight excluding hydrogens is 120 g/mol. The Morgan fingerprint density at radius 3 is 2.62 bits per heavy atom. The zero-order valence-electron chi connectivity index (χ0n) is 5.23. The van der Waals surface area contributed by atoms with Gasteiger partial charge >= 0.3 is 0 Å². The van der Waals surface area contributed by atoms with Crippen LogP contribution < -0.4 is 0 Å². The largest absolute Gasteiger partial charge is 0.246 e. The molecule has 0 saturated carbocycles. The predicted octanol–water partition coefficient (Wildman–Crippen LogP) is 1.13. The lowest BCUT2D eigenvalue weighted by molar-refractivity contribution is 0.688. The minimum atomic E-state index is -0.881. The van der Waals surface area contributed by atoms with Gasteiger partial charge in [0.1, 0.15) is 0 Å². The van der Waals surface area contributed by atoms with Gasteiger partial charge in [-0.3, -0.25) is 0 Å². The maximum absolute atomic E-state index is 10.6. The van der Waals surface area contributed by atoms with Crippen molar-refractivity contribution in [1.82, 2.24) is 0 Å². The molecule has 8 heavy (non-hydrogen) atoms. The fourth-order valence-corrected chi connectivity index (χ4v) is 1.05. The highest BCUT2D eigenvalue weighted by Gasteiger charge is 1.86. The van der Waals surface area contributed by atoms with Crippen LogP contribution in [0.25, 0.3) is 0 Å². The first-order chi connectivity index (χ1) is 3.81. The Balaban J connectivity index is 3.44. The van der Waals surface area contributed by atoms with E-state index < -0.39 is 10.8 Å². The van der Waals surface area contributed by atoms with E-state index in [2.05, 4.69) is 11.2 Å². The molecule has 2 heteroatoms. The molecule has 1 atom stereocenters. The van der Waals surface area contributed by atoms with Gasteiger partial charge in [-0.05, 0) is 18.6 Å². The van der Waals surface area contributed by atoms with Crippen molar-refractivity contribution >= 4 is 10.8 Å². The molecular formula is C6H10OS. The molecule has 0 aromatic heterocycles. The zero-order chi connectivity index (χ0) is 6.41. The second-order valence-corrected chi connectivity index (χ2v) is 2.71. The summed E-state index contributed by atoms with van der Waals surface area (Å²) in [6, 6.07) is 0.